The number of ether oxygens (including phenoxy) is 3. The van der Waals surface area contributed by atoms with E-state index in [4.69, 9.17) is 14.2 Å². The Morgan fingerprint density at radius 3 is 2.82 bits per heavy atom. The molecular formula is C12H13NO4. The molecule has 0 saturated carbocycles. The van der Waals surface area contributed by atoms with Crippen molar-refractivity contribution in [3.8, 4) is 11.5 Å². The van der Waals surface area contributed by atoms with Crippen molar-refractivity contribution in [3.05, 3.63) is 30.0 Å². The number of amides is 1. The minimum atomic E-state index is -0.347. The number of nitrogens with one attached hydrogen (secondary N) is 1. The van der Waals surface area contributed by atoms with E-state index in [-0.39, 0.29) is 11.7 Å². The van der Waals surface area contributed by atoms with Crippen molar-refractivity contribution in [2.24, 2.45) is 0 Å². The molecule has 0 atom stereocenters. The van der Waals surface area contributed by atoms with Crippen LogP contribution in [0.5, 0.6) is 11.5 Å². The first-order valence-electron chi connectivity index (χ1n) is 5.03. The van der Waals surface area contributed by atoms with Crippen molar-refractivity contribution >= 4 is 11.6 Å². The summed E-state index contributed by atoms with van der Waals surface area (Å²) in [7, 11) is 3.14. The summed E-state index contributed by atoms with van der Waals surface area (Å²) in [6, 6.07) is 3.49. The smallest absolute Gasteiger partial charge is 0.290 e. The predicted molar refractivity (Wildman–Crippen MR) is 62.1 cm³/mol. The Balaban J connectivity index is 2.49. The number of hydrogen-bond donors (Lipinski definition) is 1. The van der Waals surface area contributed by atoms with Crippen LogP contribution < -0.4 is 14.8 Å². The van der Waals surface area contributed by atoms with Gasteiger partial charge < -0.3 is 19.5 Å². The molecular weight excluding hydrogens is 222 g/mol. The number of anilines is 1. The maximum Gasteiger partial charge on any atom is 0.290 e. The van der Waals surface area contributed by atoms with Crippen LogP contribution in [-0.4, -0.2) is 20.1 Å². The molecule has 1 aromatic carbocycles. The number of fused-ring (bicyclic) bond motifs is 1. The zero-order chi connectivity index (χ0) is 12.4. The van der Waals surface area contributed by atoms with Crippen molar-refractivity contribution in [1.82, 2.24) is 0 Å². The molecule has 0 fully saturated rings. The molecule has 1 N–H and O–H groups in total. The monoisotopic (exact) mass is 235 g/mol. The van der Waals surface area contributed by atoms with Crippen LogP contribution in [0.3, 0.4) is 0 Å². The van der Waals surface area contributed by atoms with E-state index in [0.717, 1.165) is 5.56 Å². The fraction of sp³-hybridized carbons (Fsp3) is 0.250. The minimum absolute atomic E-state index is 0.0640. The Morgan fingerprint density at radius 1 is 1.41 bits per heavy atom. The van der Waals surface area contributed by atoms with Gasteiger partial charge in [-0.1, -0.05) is 6.58 Å². The first kappa shape index (κ1) is 11.5. The molecule has 0 aromatic heterocycles. The van der Waals surface area contributed by atoms with Gasteiger partial charge in [-0.25, -0.2) is 0 Å². The molecule has 1 heterocycles. The molecule has 0 bridgehead atoms. The molecule has 0 aliphatic carbocycles. The summed E-state index contributed by atoms with van der Waals surface area (Å²) in [4.78, 5) is 11.5. The highest BCUT2D eigenvalue weighted by molar-refractivity contribution is 6.05. The van der Waals surface area contributed by atoms with Crippen molar-refractivity contribution in [2.45, 2.75) is 6.61 Å². The van der Waals surface area contributed by atoms with Crippen LogP contribution in [0.25, 0.3) is 0 Å². The largest absolute Gasteiger partial charge is 0.497 e. The third kappa shape index (κ3) is 2.09. The molecule has 1 aromatic rings. The van der Waals surface area contributed by atoms with Gasteiger partial charge in [0.1, 0.15) is 5.75 Å². The van der Waals surface area contributed by atoms with Crippen LogP contribution in [-0.2, 0) is 16.1 Å². The third-order valence-electron chi connectivity index (χ3n) is 2.42. The van der Waals surface area contributed by atoms with Crippen molar-refractivity contribution < 1.29 is 19.0 Å². The average Bonchev–Trinajstić information content (AvgIpc) is 2.31. The number of carbonyl (C=O) groups is 1. The Hall–Kier alpha value is -2.01. The quantitative estimate of drug-likeness (QED) is 0.810. The maximum absolute atomic E-state index is 11.5. The normalized spacial score (nSPS) is 13.8. The van der Waals surface area contributed by atoms with Gasteiger partial charge in [-0.15, -0.1) is 0 Å². The number of carbonyl (C=O) groups excluding carboxylic acids is 1. The van der Waals surface area contributed by atoms with Gasteiger partial charge in [0, 0.05) is 18.7 Å². The van der Waals surface area contributed by atoms with E-state index >= 15 is 0 Å². The molecule has 0 unspecified atom stereocenters. The fourth-order valence-electron chi connectivity index (χ4n) is 1.62. The van der Waals surface area contributed by atoms with Gasteiger partial charge in [-0.05, 0) is 6.07 Å². The van der Waals surface area contributed by atoms with E-state index in [0.29, 0.717) is 23.8 Å². The Morgan fingerprint density at radius 2 is 2.18 bits per heavy atom. The second kappa shape index (κ2) is 4.47. The third-order valence-corrected chi connectivity index (χ3v) is 2.42. The van der Waals surface area contributed by atoms with E-state index in [1.807, 2.05) is 0 Å². The number of methoxy groups -OCH3 is 2. The zero-order valence-electron chi connectivity index (χ0n) is 9.70. The van der Waals surface area contributed by atoms with Crippen LogP contribution in [0.15, 0.2) is 24.5 Å². The molecule has 90 valence electrons. The van der Waals surface area contributed by atoms with Crippen molar-refractivity contribution in [2.75, 3.05) is 19.5 Å². The molecule has 0 spiro atoms. The Kier molecular flexibility index (Phi) is 3.01. The van der Waals surface area contributed by atoms with Crippen LogP contribution in [0, 0.1) is 0 Å². The Labute approximate surface area is 99.0 Å². The molecule has 1 aliphatic rings. The highest BCUT2D eigenvalue weighted by Crippen LogP contribution is 2.37. The molecule has 5 heteroatoms. The second-order valence-corrected chi connectivity index (χ2v) is 3.57. The summed E-state index contributed by atoms with van der Waals surface area (Å²) in [5.41, 5.74) is 1.40. The molecule has 17 heavy (non-hydrogen) atoms. The zero-order valence-corrected chi connectivity index (χ0v) is 9.70. The van der Waals surface area contributed by atoms with Crippen LogP contribution in [0.1, 0.15) is 5.56 Å². The van der Waals surface area contributed by atoms with E-state index in [1.165, 1.54) is 0 Å². The highest BCUT2D eigenvalue weighted by atomic mass is 16.5. The molecule has 1 amide bonds. The van der Waals surface area contributed by atoms with Crippen LogP contribution in [0.4, 0.5) is 5.69 Å². The van der Waals surface area contributed by atoms with E-state index in [9.17, 15) is 4.79 Å². The van der Waals surface area contributed by atoms with E-state index < -0.39 is 0 Å². The van der Waals surface area contributed by atoms with Gasteiger partial charge in [-0.2, -0.15) is 0 Å². The SMILES string of the molecule is C=C1Oc2cc(OC)cc(COC)c2NC1=O. The number of hydrogen-bond acceptors (Lipinski definition) is 4. The molecule has 0 saturated heterocycles. The van der Waals surface area contributed by atoms with Gasteiger partial charge in [0.25, 0.3) is 5.91 Å². The lowest BCUT2D eigenvalue weighted by Crippen LogP contribution is -2.24. The lowest BCUT2D eigenvalue weighted by molar-refractivity contribution is -0.115. The molecule has 0 radical (unpaired) electrons. The van der Waals surface area contributed by atoms with Crippen molar-refractivity contribution in [1.29, 1.82) is 0 Å². The van der Waals surface area contributed by atoms with Crippen LogP contribution in [0.2, 0.25) is 0 Å². The van der Waals surface area contributed by atoms with Crippen LogP contribution >= 0.6 is 0 Å². The Bertz CT molecular complexity index is 482. The lowest BCUT2D eigenvalue weighted by atomic mass is 10.1. The lowest BCUT2D eigenvalue weighted by Gasteiger charge is -2.22. The maximum atomic E-state index is 11.5. The van der Waals surface area contributed by atoms with Gasteiger partial charge in [0.05, 0.1) is 19.4 Å². The topological polar surface area (TPSA) is 56.8 Å². The summed E-state index contributed by atoms with van der Waals surface area (Å²) in [6.07, 6.45) is 0. The molecule has 5 nitrogen and oxygen atoms in total. The van der Waals surface area contributed by atoms with Gasteiger partial charge in [0.2, 0.25) is 0 Å². The average molecular weight is 235 g/mol. The second-order valence-electron chi connectivity index (χ2n) is 3.57. The van der Waals surface area contributed by atoms with Gasteiger partial charge in [0.15, 0.2) is 11.5 Å². The number of rotatable bonds is 3. The van der Waals surface area contributed by atoms with Gasteiger partial charge >= 0.3 is 0 Å². The fourth-order valence-corrected chi connectivity index (χ4v) is 1.62. The first-order valence-corrected chi connectivity index (χ1v) is 5.03. The van der Waals surface area contributed by atoms with Crippen molar-refractivity contribution in [3.63, 3.8) is 0 Å². The predicted octanol–water partition coefficient (Wildman–Crippen LogP) is 1.69. The molecule has 1 aliphatic heterocycles. The minimum Gasteiger partial charge on any atom is -0.497 e. The van der Waals surface area contributed by atoms with Gasteiger partial charge in [-0.3, -0.25) is 4.79 Å². The summed E-state index contributed by atoms with van der Waals surface area (Å²) >= 11 is 0. The van der Waals surface area contributed by atoms with E-state index in [1.54, 1.807) is 26.4 Å². The number of benzene rings is 1. The van der Waals surface area contributed by atoms with E-state index in [2.05, 4.69) is 11.9 Å². The summed E-state index contributed by atoms with van der Waals surface area (Å²) in [5, 5.41) is 2.72. The summed E-state index contributed by atoms with van der Waals surface area (Å²) in [5.74, 6) is 0.870. The molecule has 2 rings (SSSR count). The summed E-state index contributed by atoms with van der Waals surface area (Å²) in [6.45, 7) is 3.88. The standard InChI is InChI=1S/C12H13NO4/c1-7-12(14)13-11-8(6-15-2)4-9(16-3)5-10(11)17-7/h4-5H,1,6H2,2-3H3,(H,13,14). The summed E-state index contributed by atoms with van der Waals surface area (Å²) < 4.78 is 15.6. The highest BCUT2D eigenvalue weighted by Gasteiger charge is 2.23. The first-order chi connectivity index (χ1) is 8.15.